The number of hydrogen-bond donors (Lipinski definition) is 1. The van der Waals surface area contributed by atoms with Gasteiger partial charge in [-0.1, -0.05) is 19.1 Å². The van der Waals surface area contributed by atoms with Crippen molar-refractivity contribution in [3.05, 3.63) is 83.6 Å². The van der Waals surface area contributed by atoms with Crippen molar-refractivity contribution in [3.63, 3.8) is 0 Å². The minimum absolute atomic E-state index is 0.0440. The summed E-state index contributed by atoms with van der Waals surface area (Å²) in [6.07, 6.45) is 1.04. The van der Waals surface area contributed by atoms with E-state index < -0.39 is 17.6 Å². The number of furan rings is 1. The number of alkyl halides is 3. The van der Waals surface area contributed by atoms with E-state index in [1.165, 1.54) is 30.7 Å². The summed E-state index contributed by atoms with van der Waals surface area (Å²) in [5.41, 5.74) is 1.89. The molecule has 1 saturated heterocycles. The van der Waals surface area contributed by atoms with Gasteiger partial charge in [-0.05, 0) is 61.7 Å². The molecule has 5 aromatic rings. The summed E-state index contributed by atoms with van der Waals surface area (Å²) < 4.78 is 56.0. The van der Waals surface area contributed by atoms with E-state index in [1.54, 1.807) is 43.1 Å². The number of carbonyl (C=O) groups excluding carboxylic acids is 1. The second kappa shape index (κ2) is 14.0. The number of nitrogens with zero attached hydrogens (tertiary/aromatic N) is 7. The maximum Gasteiger partial charge on any atom is 0.416 e. The SMILES string of the molecule is CCC(C)N(C)N1CCN(Cc2ccc(NC(=O)c3cc(Oc4nc(-c5ccoc5)nc5c4ncn5C)ccc3C)cc2C(F)(F)F)CC1. The molecular weight excluding hydrogens is 637 g/mol. The Hall–Kier alpha value is -4.79. The van der Waals surface area contributed by atoms with Crippen LogP contribution in [0.25, 0.3) is 22.6 Å². The fourth-order valence-electron chi connectivity index (χ4n) is 5.84. The molecule has 11 nitrogen and oxygen atoms in total. The van der Waals surface area contributed by atoms with Crippen molar-refractivity contribution in [1.82, 2.24) is 34.4 Å². The number of fused-ring (bicyclic) bond motifs is 1. The van der Waals surface area contributed by atoms with Crippen LogP contribution in [-0.2, 0) is 19.8 Å². The summed E-state index contributed by atoms with van der Waals surface area (Å²) >= 11 is 0. The highest BCUT2D eigenvalue weighted by Gasteiger charge is 2.35. The van der Waals surface area contributed by atoms with E-state index in [9.17, 15) is 18.0 Å². The largest absolute Gasteiger partial charge is 0.472 e. The quantitative estimate of drug-likeness (QED) is 0.172. The van der Waals surface area contributed by atoms with Crippen molar-refractivity contribution >= 4 is 22.8 Å². The average molecular weight is 677 g/mol. The predicted octanol–water partition coefficient (Wildman–Crippen LogP) is 6.76. The maximum absolute atomic E-state index is 14.3. The van der Waals surface area contributed by atoms with Gasteiger partial charge < -0.3 is 19.0 Å². The zero-order valence-electron chi connectivity index (χ0n) is 28.1. The average Bonchev–Trinajstić information content (AvgIpc) is 3.76. The minimum atomic E-state index is -4.60. The van der Waals surface area contributed by atoms with E-state index in [2.05, 4.69) is 51.2 Å². The molecule has 0 aliphatic carbocycles. The van der Waals surface area contributed by atoms with E-state index in [0.29, 0.717) is 53.0 Å². The first kappa shape index (κ1) is 34.1. The number of nitrogens with one attached hydrogen (secondary N) is 1. The molecule has 258 valence electrons. The highest BCUT2D eigenvalue weighted by Crippen LogP contribution is 2.35. The number of aromatic nitrogens is 4. The van der Waals surface area contributed by atoms with Crippen molar-refractivity contribution in [2.45, 2.75) is 46.0 Å². The fraction of sp³-hybridized carbons (Fsp3) is 0.371. The van der Waals surface area contributed by atoms with Gasteiger partial charge in [0, 0.05) is 64.1 Å². The van der Waals surface area contributed by atoms with Crippen molar-refractivity contribution in [2.75, 3.05) is 38.5 Å². The molecule has 1 fully saturated rings. The molecule has 0 bridgehead atoms. The zero-order chi connectivity index (χ0) is 34.9. The van der Waals surface area contributed by atoms with Crippen molar-refractivity contribution in [2.24, 2.45) is 7.05 Å². The number of carbonyl (C=O) groups is 1. The van der Waals surface area contributed by atoms with Crippen LogP contribution in [0.4, 0.5) is 18.9 Å². The van der Waals surface area contributed by atoms with Crippen LogP contribution >= 0.6 is 0 Å². The first-order valence-corrected chi connectivity index (χ1v) is 16.1. The number of hydrogen-bond acceptors (Lipinski definition) is 9. The zero-order valence-corrected chi connectivity index (χ0v) is 28.1. The summed E-state index contributed by atoms with van der Waals surface area (Å²) in [4.78, 5) is 29.0. The van der Waals surface area contributed by atoms with Gasteiger partial charge in [0.2, 0.25) is 0 Å². The lowest BCUT2D eigenvalue weighted by Crippen LogP contribution is -2.54. The predicted molar refractivity (Wildman–Crippen MR) is 179 cm³/mol. The molecule has 14 heteroatoms. The Labute approximate surface area is 282 Å². The lowest BCUT2D eigenvalue weighted by Gasteiger charge is -2.42. The molecule has 1 aliphatic rings. The second-order valence-corrected chi connectivity index (χ2v) is 12.4. The van der Waals surface area contributed by atoms with Crippen LogP contribution in [0.1, 0.15) is 47.3 Å². The molecule has 0 radical (unpaired) electrons. The fourth-order valence-corrected chi connectivity index (χ4v) is 5.84. The number of piperazine rings is 1. The first-order valence-electron chi connectivity index (χ1n) is 16.1. The molecule has 6 rings (SSSR count). The number of aryl methyl sites for hydroxylation is 2. The van der Waals surface area contributed by atoms with Crippen LogP contribution < -0.4 is 10.1 Å². The van der Waals surface area contributed by atoms with Crippen molar-refractivity contribution < 1.29 is 27.1 Å². The summed E-state index contributed by atoms with van der Waals surface area (Å²) in [6.45, 7) is 8.99. The number of hydrazine groups is 1. The summed E-state index contributed by atoms with van der Waals surface area (Å²) in [5.74, 6) is 0.258. The molecule has 2 aromatic carbocycles. The van der Waals surface area contributed by atoms with Crippen LogP contribution in [0.15, 0.2) is 65.7 Å². The third kappa shape index (κ3) is 7.46. The van der Waals surface area contributed by atoms with Crippen LogP contribution in [0.2, 0.25) is 0 Å². The normalized spacial score (nSPS) is 15.2. The van der Waals surface area contributed by atoms with Crippen LogP contribution in [0.3, 0.4) is 0 Å². The lowest BCUT2D eigenvalue weighted by molar-refractivity contribution is -0.138. The molecule has 1 amide bonds. The lowest BCUT2D eigenvalue weighted by atomic mass is 10.0. The number of halogens is 3. The molecule has 3 aromatic heterocycles. The Morgan fingerprint density at radius 3 is 2.57 bits per heavy atom. The van der Waals surface area contributed by atoms with Gasteiger partial charge in [0.05, 0.1) is 23.7 Å². The smallest absolute Gasteiger partial charge is 0.416 e. The number of rotatable bonds is 10. The highest BCUT2D eigenvalue weighted by atomic mass is 19.4. The summed E-state index contributed by atoms with van der Waals surface area (Å²) in [5, 5.41) is 7.12. The van der Waals surface area contributed by atoms with Gasteiger partial charge in [-0.15, -0.1) is 0 Å². The van der Waals surface area contributed by atoms with E-state index in [1.807, 2.05) is 4.90 Å². The molecular formula is C35H39F3N8O3. The minimum Gasteiger partial charge on any atom is -0.472 e. The summed E-state index contributed by atoms with van der Waals surface area (Å²) in [7, 11) is 3.85. The van der Waals surface area contributed by atoms with Crippen LogP contribution in [0.5, 0.6) is 11.6 Å². The van der Waals surface area contributed by atoms with E-state index in [-0.39, 0.29) is 29.2 Å². The number of amides is 1. The topological polar surface area (TPSA) is 105 Å². The number of benzene rings is 2. The third-order valence-electron chi connectivity index (χ3n) is 9.07. The molecule has 0 saturated carbocycles. The molecule has 4 heterocycles. The van der Waals surface area contributed by atoms with Crippen molar-refractivity contribution in [1.29, 1.82) is 0 Å². The Balaban J connectivity index is 1.19. The number of ether oxygens (including phenoxy) is 1. The third-order valence-corrected chi connectivity index (χ3v) is 9.07. The molecule has 1 N–H and O–H groups in total. The van der Waals surface area contributed by atoms with Crippen LogP contribution in [0, 0.1) is 6.92 Å². The van der Waals surface area contributed by atoms with E-state index >= 15 is 0 Å². The van der Waals surface area contributed by atoms with Crippen LogP contribution in [-0.4, -0.2) is 79.6 Å². The summed E-state index contributed by atoms with van der Waals surface area (Å²) in [6, 6.07) is 11.0. The second-order valence-electron chi connectivity index (χ2n) is 12.4. The standard InChI is InChI=1S/C35H39F3N8O3/c1-6-23(3)44(5)46-14-12-45(13-15-46)19-24-8-9-26(17-29(24)35(36,37)38)40-33(47)28-18-27(10-7-22(28)2)49-34-30-32(43(4)21-39-30)41-31(42-34)25-11-16-48-20-25/h7-11,16-18,20-21,23H,6,12-15,19H2,1-5H3,(H,40,47). The van der Waals surface area contributed by atoms with Crippen molar-refractivity contribution in [3.8, 4) is 23.0 Å². The molecule has 1 aliphatic heterocycles. The Morgan fingerprint density at radius 2 is 1.88 bits per heavy atom. The van der Waals surface area contributed by atoms with Gasteiger partial charge in [0.1, 0.15) is 12.0 Å². The van der Waals surface area contributed by atoms with Gasteiger partial charge in [-0.25, -0.2) is 20.0 Å². The Kier molecular flexibility index (Phi) is 9.72. The van der Waals surface area contributed by atoms with Gasteiger partial charge in [0.25, 0.3) is 11.8 Å². The number of anilines is 1. The van der Waals surface area contributed by atoms with E-state index in [4.69, 9.17) is 9.15 Å². The Morgan fingerprint density at radius 1 is 1.10 bits per heavy atom. The molecule has 49 heavy (non-hydrogen) atoms. The monoisotopic (exact) mass is 676 g/mol. The van der Waals surface area contributed by atoms with Gasteiger partial charge in [-0.3, -0.25) is 9.69 Å². The van der Waals surface area contributed by atoms with Gasteiger partial charge in [-0.2, -0.15) is 18.2 Å². The van der Waals surface area contributed by atoms with E-state index in [0.717, 1.165) is 25.6 Å². The Bertz CT molecular complexity index is 1930. The first-order chi connectivity index (χ1) is 23.4. The molecule has 1 atom stereocenters. The molecule has 0 spiro atoms. The van der Waals surface area contributed by atoms with Gasteiger partial charge in [0.15, 0.2) is 17.0 Å². The maximum atomic E-state index is 14.3. The molecule has 1 unspecified atom stereocenters. The highest BCUT2D eigenvalue weighted by molar-refractivity contribution is 6.05. The van der Waals surface area contributed by atoms with Gasteiger partial charge >= 0.3 is 6.18 Å². The number of imidazole rings is 1.